The van der Waals surface area contributed by atoms with Gasteiger partial charge in [-0.05, 0) is 37.6 Å². The van der Waals surface area contributed by atoms with Crippen LogP contribution in [0.25, 0.3) is 0 Å². The number of nitrogens with zero attached hydrogens (tertiary/aromatic N) is 1. The first-order valence-electron chi connectivity index (χ1n) is 6.35. The largest absolute Gasteiger partial charge is 0.355 e. The summed E-state index contributed by atoms with van der Waals surface area (Å²) in [5.41, 5.74) is 0.319. The normalized spacial score (nSPS) is 11.7. The van der Waals surface area contributed by atoms with Crippen molar-refractivity contribution in [3.8, 4) is 0 Å². The van der Waals surface area contributed by atoms with E-state index >= 15 is 0 Å². The number of likely N-dealkylation sites (N-methyl/N-ethyl adjacent to an activating group) is 2. The molecule has 5 nitrogen and oxygen atoms in total. The number of carbonyl (C=O) groups is 1. The van der Waals surface area contributed by atoms with Gasteiger partial charge >= 0.3 is 0 Å². The number of halogens is 1. The van der Waals surface area contributed by atoms with E-state index in [1.54, 1.807) is 13.8 Å². The van der Waals surface area contributed by atoms with Crippen LogP contribution in [0.5, 0.6) is 0 Å². The van der Waals surface area contributed by atoms with Crippen molar-refractivity contribution in [1.29, 1.82) is 0 Å². The third-order valence-corrected chi connectivity index (χ3v) is 4.88. The lowest BCUT2D eigenvalue weighted by molar-refractivity contribution is -0.121. The molecule has 0 atom stereocenters. The van der Waals surface area contributed by atoms with E-state index < -0.39 is 15.8 Å². The molecule has 0 bridgehead atoms. The molecule has 1 rings (SSSR count). The van der Waals surface area contributed by atoms with Crippen LogP contribution in [0.2, 0.25) is 0 Å². The van der Waals surface area contributed by atoms with E-state index in [9.17, 15) is 17.6 Å². The van der Waals surface area contributed by atoms with Gasteiger partial charge in [-0.15, -0.1) is 0 Å². The van der Waals surface area contributed by atoms with Gasteiger partial charge in [-0.2, -0.15) is 4.31 Å². The van der Waals surface area contributed by atoms with Crippen LogP contribution in [0.3, 0.4) is 0 Å². The highest BCUT2D eigenvalue weighted by molar-refractivity contribution is 7.89. The van der Waals surface area contributed by atoms with Crippen LogP contribution in [-0.2, 0) is 14.8 Å². The number of sulfonamides is 1. The Bertz CT molecular complexity index is 587. The Balaban J connectivity index is 3.09. The lowest BCUT2D eigenvalue weighted by atomic mass is 10.2. The quantitative estimate of drug-likeness (QED) is 0.861. The van der Waals surface area contributed by atoms with Gasteiger partial charge in [0, 0.05) is 13.1 Å². The van der Waals surface area contributed by atoms with Crippen LogP contribution in [0, 0.1) is 12.7 Å². The number of rotatable bonds is 6. The Kier molecular flexibility index (Phi) is 5.64. The summed E-state index contributed by atoms with van der Waals surface area (Å²) in [4.78, 5) is 11.6. The monoisotopic (exact) mass is 302 g/mol. The highest BCUT2D eigenvalue weighted by Gasteiger charge is 2.26. The number of aryl methyl sites for hydroxylation is 1. The van der Waals surface area contributed by atoms with Gasteiger partial charge in [-0.3, -0.25) is 4.79 Å². The Morgan fingerprint density at radius 3 is 2.50 bits per heavy atom. The van der Waals surface area contributed by atoms with Crippen molar-refractivity contribution >= 4 is 15.9 Å². The molecule has 0 saturated heterocycles. The molecule has 7 heteroatoms. The number of nitrogens with one attached hydrogen (secondary N) is 1. The molecule has 1 aromatic carbocycles. The molecule has 112 valence electrons. The highest BCUT2D eigenvalue weighted by atomic mass is 32.2. The predicted molar refractivity (Wildman–Crippen MR) is 74.3 cm³/mol. The van der Waals surface area contributed by atoms with Gasteiger partial charge in [0.05, 0.1) is 11.4 Å². The van der Waals surface area contributed by atoms with Gasteiger partial charge in [0.15, 0.2) is 0 Å². The van der Waals surface area contributed by atoms with E-state index in [1.165, 1.54) is 13.0 Å². The Morgan fingerprint density at radius 2 is 2.00 bits per heavy atom. The second-order valence-electron chi connectivity index (χ2n) is 4.29. The number of hydrogen-bond acceptors (Lipinski definition) is 3. The average molecular weight is 302 g/mol. The maximum absolute atomic E-state index is 13.1. The summed E-state index contributed by atoms with van der Waals surface area (Å²) in [5, 5.41) is 2.55. The Hall–Kier alpha value is -1.47. The third-order valence-electron chi connectivity index (χ3n) is 2.80. The summed E-state index contributed by atoms with van der Waals surface area (Å²) in [7, 11) is -3.81. The van der Waals surface area contributed by atoms with E-state index in [0.717, 1.165) is 16.4 Å². The number of hydrogen-bond donors (Lipinski definition) is 1. The summed E-state index contributed by atoms with van der Waals surface area (Å²) in [6.07, 6.45) is 0. The number of amides is 1. The molecule has 0 saturated carbocycles. The van der Waals surface area contributed by atoms with Crippen LogP contribution < -0.4 is 5.32 Å². The summed E-state index contributed by atoms with van der Waals surface area (Å²) in [6.45, 7) is 5.28. The van der Waals surface area contributed by atoms with Crippen LogP contribution in [-0.4, -0.2) is 38.3 Å². The zero-order valence-electron chi connectivity index (χ0n) is 11.8. The molecule has 1 amide bonds. The molecule has 0 heterocycles. The molecule has 20 heavy (non-hydrogen) atoms. The van der Waals surface area contributed by atoms with Crippen molar-refractivity contribution in [1.82, 2.24) is 9.62 Å². The van der Waals surface area contributed by atoms with Crippen molar-refractivity contribution < 1.29 is 17.6 Å². The second kappa shape index (κ2) is 6.81. The topological polar surface area (TPSA) is 66.5 Å². The molecular weight excluding hydrogens is 283 g/mol. The molecule has 0 aliphatic heterocycles. The van der Waals surface area contributed by atoms with E-state index in [4.69, 9.17) is 0 Å². The minimum atomic E-state index is -3.81. The first-order chi connectivity index (χ1) is 9.32. The molecule has 0 aliphatic rings. The van der Waals surface area contributed by atoms with Crippen LogP contribution in [0.15, 0.2) is 23.1 Å². The van der Waals surface area contributed by atoms with Gasteiger partial charge in [-0.1, -0.05) is 6.92 Å². The fourth-order valence-electron chi connectivity index (χ4n) is 1.82. The summed E-state index contributed by atoms with van der Waals surface area (Å²) in [6, 6.07) is 3.48. The van der Waals surface area contributed by atoms with Crippen LogP contribution in [0.4, 0.5) is 4.39 Å². The zero-order valence-corrected chi connectivity index (χ0v) is 12.6. The van der Waals surface area contributed by atoms with E-state index in [1.807, 2.05) is 0 Å². The molecule has 0 aliphatic carbocycles. The standard InChI is InChI=1S/C13H19FN2O3S/c1-4-15-13(17)9-16(5-2)20(18,19)12-7-6-11(14)8-10(12)3/h6-8H,4-5,9H2,1-3H3,(H,15,17). The van der Waals surface area contributed by atoms with Gasteiger partial charge in [0.25, 0.3) is 0 Å². The van der Waals surface area contributed by atoms with Crippen molar-refractivity contribution in [2.45, 2.75) is 25.7 Å². The lowest BCUT2D eigenvalue weighted by Crippen LogP contribution is -2.40. The molecule has 0 radical (unpaired) electrons. The predicted octanol–water partition coefficient (Wildman–Crippen LogP) is 1.28. The fourth-order valence-corrected chi connectivity index (χ4v) is 3.43. The van der Waals surface area contributed by atoms with Crippen LogP contribution >= 0.6 is 0 Å². The third kappa shape index (κ3) is 3.77. The minimum absolute atomic E-state index is 0.0186. The van der Waals surface area contributed by atoms with Crippen LogP contribution in [0.1, 0.15) is 19.4 Å². The highest BCUT2D eigenvalue weighted by Crippen LogP contribution is 2.20. The summed E-state index contributed by atoms with van der Waals surface area (Å²) >= 11 is 0. The molecule has 0 fully saturated rings. The van der Waals surface area contributed by atoms with Gasteiger partial charge < -0.3 is 5.32 Å². The van der Waals surface area contributed by atoms with Crippen molar-refractivity contribution in [3.63, 3.8) is 0 Å². The minimum Gasteiger partial charge on any atom is -0.355 e. The molecule has 1 aromatic rings. The molecular formula is C13H19FN2O3S. The summed E-state index contributed by atoms with van der Waals surface area (Å²) in [5.74, 6) is -0.856. The van der Waals surface area contributed by atoms with Crippen molar-refractivity contribution in [2.24, 2.45) is 0 Å². The van der Waals surface area contributed by atoms with E-state index in [2.05, 4.69) is 5.32 Å². The fraction of sp³-hybridized carbons (Fsp3) is 0.462. The first kappa shape index (κ1) is 16.6. The van der Waals surface area contributed by atoms with E-state index in [0.29, 0.717) is 12.1 Å². The van der Waals surface area contributed by atoms with Gasteiger partial charge in [0.2, 0.25) is 15.9 Å². The maximum atomic E-state index is 13.1. The van der Waals surface area contributed by atoms with Crippen molar-refractivity contribution in [3.05, 3.63) is 29.6 Å². The zero-order chi connectivity index (χ0) is 15.3. The van der Waals surface area contributed by atoms with Gasteiger partial charge in [-0.25, -0.2) is 12.8 Å². The molecule has 0 aromatic heterocycles. The SMILES string of the molecule is CCNC(=O)CN(CC)S(=O)(=O)c1ccc(F)cc1C. The smallest absolute Gasteiger partial charge is 0.243 e. The molecule has 0 spiro atoms. The van der Waals surface area contributed by atoms with E-state index in [-0.39, 0.29) is 23.9 Å². The second-order valence-corrected chi connectivity index (χ2v) is 6.20. The summed E-state index contributed by atoms with van der Waals surface area (Å²) < 4.78 is 39.0. The first-order valence-corrected chi connectivity index (χ1v) is 7.80. The van der Waals surface area contributed by atoms with Gasteiger partial charge in [0.1, 0.15) is 5.82 Å². The Morgan fingerprint density at radius 1 is 1.35 bits per heavy atom. The Labute approximate surface area is 118 Å². The van der Waals surface area contributed by atoms with Crippen molar-refractivity contribution in [2.75, 3.05) is 19.6 Å². The maximum Gasteiger partial charge on any atom is 0.243 e. The number of benzene rings is 1. The molecule has 0 unspecified atom stereocenters. The number of carbonyl (C=O) groups excluding carboxylic acids is 1. The molecule has 1 N–H and O–H groups in total. The average Bonchev–Trinajstić information content (AvgIpc) is 2.35. The lowest BCUT2D eigenvalue weighted by Gasteiger charge is -2.21.